The van der Waals surface area contributed by atoms with E-state index in [4.69, 9.17) is 0 Å². The molecule has 1 atom stereocenters. The lowest BCUT2D eigenvalue weighted by molar-refractivity contribution is 0.484. The van der Waals surface area contributed by atoms with E-state index in [9.17, 15) is 0 Å². The highest BCUT2D eigenvalue weighted by atomic mass is 14.9. The van der Waals surface area contributed by atoms with Crippen molar-refractivity contribution in [2.24, 2.45) is 5.92 Å². The first-order chi connectivity index (χ1) is 10.3. The number of nitrogens with one attached hydrogen (secondary N) is 2. The highest BCUT2D eigenvalue weighted by molar-refractivity contribution is 5.32. The van der Waals surface area contributed by atoms with Crippen LogP contribution in [0.15, 0.2) is 24.3 Å². The van der Waals surface area contributed by atoms with Crippen molar-refractivity contribution >= 4 is 0 Å². The Hall–Kier alpha value is -0.860. The smallest absolute Gasteiger partial charge is 0.0208 e. The van der Waals surface area contributed by atoms with Crippen molar-refractivity contribution in [1.29, 1.82) is 0 Å². The molecule has 0 amide bonds. The molecule has 0 bridgehead atoms. The SMILES string of the molecule is CC(C)CCCCCCNCC1CNCc2ccccc21. The van der Waals surface area contributed by atoms with Gasteiger partial charge in [0.2, 0.25) is 0 Å². The lowest BCUT2D eigenvalue weighted by atomic mass is 9.91. The summed E-state index contributed by atoms with van der Waals surface area (Å²) in [7, 11) is 0. The van der Waals surface area contributed by atoms with Crippen LogP contribution in [0.2, 0.25) is 0 Å². The molecular formula is C19H32N2. The van der Waals surface area contributed by atoms with E-state index in [1.54, 1.807) is 5.56 Å². The van der Waals surface area contributed by atoms with Crippen LogP contribution in [-0.2, 0) is 6.54 Å². The lowest BCUT2D eigenvalue weighted by Crippen LogP contribution is -2.34. The van der Waals surface area contributed by atoms with E-state index in [1.807, 2.05) is 0 Å². The van der Waals surface area contributed by atoms with Crippen LogP contribution in [0.5, 0.6) is 0 Å². The van der Waals surface area contributed by atoms with E-state index >= 15 is 0 Å². The van der Waals surface area contributed by atoms with Crippen molar-refractivity contribution < 1.29 is 0 Å². The third-order valence-corrected chi connectivity index (χ3v) is 4.48. The van der Waals surface area contributed by atoms with Crippen LogP contribution < -0.4 is 10.6 Å². The van der Waals surface area contributed by atoms with Crippen LogP contribution in [0.1, 0.15) is 63.0 Å². The summed E-state index contributed by atoms with van der Waals surface area (Å²) in [6, 6.07) is 8.87. The summed E-state index contributed by atoms with van der Waals surface area (Å²) < 4.78 is 0. The molecule has 118 valence electrons. The molecule has 2 N–H and O–H groups in total. The van der Waals surface area contributed by atoms with E-state index in [0.717, 1.165) is 25.6 Å². The minimum atomic E-state index is 0.635. The summed E-state index contributed by atoms with van der Waals surface area (Å²) in [6.07, 6.45) is 6.88. The maximum Gasteiger partial charge on any atom is 0.0208 e. The minimum absolute atomic E-state index is 0.635. The molecule has 1 aromatic carbocycles. The summed E-state index contributed by atoms with van der Waals surface area (Å²) in [5.41, 5.74) is 3.02. The van der Waals surface area contributed by atoms with Gasteiger partial charge in [-0.25, -0.2) is 0 Å². The molecule has 0 spiro atoms. The lowest BCUT2D eigenvalue weighted by Gasteiger charge is -2.26. The molecule has 0 radical (unpaired) electrons. The molecule has 1 heterocycles. The Bertz CT molecular complexity index is 400. The van der Waals surface area contributed by atoms with Crippen molar-refractivity contribution in [2.45, 2.75) is 58.4 Å². The molecule has 0 saturated heterocycles. The third-order valence-electron chi connectivity index (χ3n) is 4.48. The zero-order valence-corrected chi connectivity index (χ0v) is 13.8. The number of unbranched alkanes of at least 4 members (excludes halogenated alkanes) is 3. The van der Waals surface area contributed by atoms with Crippen LogP contribution in [0.4, 0.5) is 0 Å². The quantitative estimate of drug-likeness (QED) is 0.669. The van der Waals surface area contributed by atoms with Crippen molar-refractivity contribution in [3.05, 3.63) is 35.4 Å². The Kier molecular flexibility index (Phi) is 7.25. The Morgan fingerprint density at radius 1 is 1.14 bits per heavy atom. The van der Waals surface area contributed by atoms with Gasteiger partial charge in [0.15, 0.2) is 0 Å². The summed E-state index contributed by atoms with van der Waals surface area (Å²) in [5, 5.41) is 7.19. The molecule has 1 aliphatic heterocycles. The molecule has 2 rings (SSSR count). The zero-order chi connectivity index (χ0) is 14.9. The number of rotatable bonds is 9. The zero-order valence-electron chi connectivity index (χ0n) is 13.8. The van der Waals surface area contributed by atoms with Crippen LogP contribution in [0, 0.1) is 5.92 Å². The van der Waals surface area contributed by atoms with E-state index in [0.29, 0.717) is 5.92 Å². The van der Waals surface area contributed by atoms with Crippen molar-refractivity contribution in [3.8, 4) is 0 Å². The van der Waals surface area contributed by atoms with Gasteiger partial charge in [0.1, 0.15) is 0 Å². The number of hydrogen-bond donors (Lipinski definition) is 2. The molecule has 1 aliphatic rings. The molecule has 1 aromatic rings. The fraction of sp³-hybridized carbons (Fsp3) is 0.684. The van der Waals surface area contributed by atoms with Gasteiger partial charge < -0.3 is 10.6 Å². The van der Waals surface area contributed by atoms with Crippen LogP contribution >= 0.6 is 0 Å². The standard InChI is InChI=1S/C19H32N2/c1-16(2)9-5-3-4-8-12-20-14-18-15-21-13-17-10-6-7-11-19(17)18/h6-7,10-11,16,18,20-21H,3-5,8-9,12-15H2,1-2H3. The van der Waals surface area contributed by atoms with Gasteiger partial charge in [0.05, 0.1) is 0 Å². The summed E-state index contributed by atoms with van der Waals surface area (Å²) in [4.78, 5) is 0. The molecule has 1 unspecified atom stereocenters. The first-order valence-electron chi connectivity index (χ1n) is 8.76. The van der Waals surface area contributed by atoms with Gasteiger partial charge in [-0.05, 0) is 30.0 Å². The van der Waals surface area contributed by atoms with E-state index in [-0.39, 0.29) is 0 Å². The topological polar surface area (TPSA) is 24.1 Å². The second-order valence-corrected chi connectivity index (χ2v) is 6.83. The monoisotopic (exact) mass is 288 g/mol. The Morgan fingerprint density at radius 2 is 1.95 bits per heavy atom. The number of benzene rings is 1. The first kappa shape index (κ1) is 16.5. The maximum absolute atomic E-state index is 3.66. The largest absolute Gasteiger partial charge is 0.316 e. The van der Waals surface area contributed by atoms with Gasteiger partial charge in [-0.15, -0.1) is 0 Å². The fourth-order valence-electron chi connectivity index (χ4n) is 3.20. The van der Waals surface area contributed by atoms with Gasteiger partial charge in [-0.3, -0.25) is 0 Å². The predicted octanol–water partition coefficient (Wildman–Crippen LogP) is 4.07. The molecule has 0 aromatic heterocycles. The summed E-state index contributed by atoms with van der Waals surface area (Å²) in [6.45, 7) is 9.05. The summed E-state index contributed by atoms with van der Waals surface area (Å²) in [5.74, 6) is 1.50. The molecule has 0 aliphatic carbocycles. The van der Waals surface area contributed by atoms with E-state index in [2.05, 4.69) is 48.7 Å². The van der Waals surface area contributed by atoms with Crippen molar-refractivity contribution in [1.82, 2.24) is 10.6 Å². The van der Waals surface area contributed by atoms with Crippen LogP contribution in [-0.4, -0.2) is 19.6 Å². The van der Waals surface area contributed by atoms with Gasteiger partial charge in [0, 0.05) is 25.6 Å². The normalized spacial score (nSPS) is 18.0. The molecule has 21 heavy (non-hydrogen) atoms. The van der Waals surface area contributed by atoms with E-state index in [1.165, 1.54) is 44.2 Å². The minimum Gasteiger partial charge on any atom is -0.316 e. The van der Waals surface area contributed by atoms with Gasteiger partial charge in [-0.2, -0.15) is 0 Å². The average Bonchev–Trinajstić information content (AvgIpc) is 2.50. The van der Waals surface area contributed by atoms with Crippen molar-refractivity contribution in [2.75, 3.05) is 19.6 Å². The Balaban J connectivity index is 1.58. The van der Waals surface area contributed by atoms with Crippen LogP contribution in [0.3, 0.4) is 0 Å². The first-order valence-corrected chi connectivity index (χ1v) is 8.76. The maximum atomic E-state index is 3.66. The summed E-state index contributed by atoms with van der Waals surface area (Å²) >= 11 is 0. The molecule has 0 fully saturated rings. The molecule has 2 heteroatoms. The second kappa shape index (κ2) is 9.22. The second-order valence-electron chi connectivity index (χ2n) is 6.83. The predicted molar refractivity (Wildman–Crippen MR) is 91.7 cm³/mol. The average molecular weight is 288 g/mol. The Labute approximate surface area is 130 Å². The fourth-order valence-corrected chi connectivity index (χ4v) is 3.20. The van der Waals surface area contributed by atoms with Crippen LogP contribution in [0.25, 0.3) is 0 Å². The molecular weight excluding hydrogens is 256 g/mol. The van der Waals surface area contributed by atoms with Crippen molar-refractivity contribution in [3.63, 3.8) is 0 Å². The van der Waals surface area contributed by atoms with E-state index < -0.39 is 0 Å². The van der Waals surface area contributed by atoms with Gasteiger partial charge in [-0.1, -0.05) is 63.8 Å². The van der Waals surface area contributed by atoms with Gasteiger partial charge in [0.25, 0.3) is 0 Å². The van der Waals surface area contributed by atoms with Gasteiger partial charge >= 0.3 is 0 Å². The molecule has 0 saturated carbocycles. The highest BCUT2D eigenvalue weighted by Gasteiger charge is 2.18. The number of hydrogen-bond acceptors (Lipinski definition) is 2. The Morgan fingerprint density at radius 3 is 2.81 bits per heavy atom. The highest BCUT2D eigenvalue weighted by Crippen LogP contribution is 2.22. The molecule has 2 nitrogen and oxygen atoms in total. The third kappa shape index (κ3) is 5.80. The number of fused-ring (bicyclic) bond motifs is 1.